The van der Waals surface area contributed by atoms with E-state index in [1.807, 2.05) is 11.8 Å². The van der Waals surface area contributed by atoms with Gasteiger partial charge in [-0.05, 0) is 43.4 Å². The van der Waals surface area contributed by atoms with Crippen LogP contribution >= 0.6 is 0 Å². The van der Waals surface area contributed by atoms with Crippen molar-refractivity contribution >= 4 is 5.91 Å². The van der Waals surface area contributed by atoms with E-state index >= 15 is 0 Å². The van der Waals surface area contributed by atoms with Crippen LogP contribution in [0.25, 0.3) is 0 Å². The molecule has 3 aliphatic rings. The van der Waals surface area contributed by atoms with Gasteiger partial charge < -0.3 is 19.5 Å². The number of carbonyl (C=O) groups excluding carboxylic acids is 1. The summed E-state index contributed by atoms with van der Waals surface area (Å²) in [5, 5.41) is 10.9. The van der Waals surface area contributed by atoms with E-state index in [-0.39, 0.29) is 18.6 Å². The largest absolute Gasteiger partial charge is 0.454 e. The van der Waals surface area contributed by atoms with Crippen molar-refractivity contribution in [1.82, 2.24) is 4.90 Å². The first kappa shape index (κ1) is 14.8. The van der Waals surface area contributed by atoms with E-state index in [1.54, 1.807) is 18.2 Å². The van der Waals surface area contributed by atoms with Gasteiger partial charge in [-0.15, -0.1) is 0 Å². The average molecular weight is 317 g/mol. The van der Waals surface area contributed by atoms with Crippen LogP contribution in [0.5, 0.6) is 11.5 Å². The van der Waals surface area contributed by atoms with Gasteiger partial charge in [0.15, 0.2) is 11.5 Å². The zero-order chi connectivity index (χ0) is 16.0. The predicted molar refractivity (Wildman–Crippen MR) is 84.5 cm³/mol. The molecule has 2 fully saturated rings. The summed E-state index contributed by atoms with van der Waals surface area (Å²) in [6.07, 6.45) is 3.78. The monoisotopic (exact) mass is 317 g/mol. The molecule has 0 spiro atoms. The number of fused-ring (bicyclic) bond motifs is 2. The smallest absolute Gasteiger partial charge is 0.254 e. The standard InChI is InChI=1S/C18H23NO4/c1-2-18(21)7-3-4-13-9-19(10-14(13)18)17(20)12-5-6-15-16(8-12)23-11-22-15/h5-6,8,13-14,21H,2-4,7,9-11H2,1H3/t13-,14+,18-/m0/s1. The summed E-state index contributed by atoms with van der Waals surface area (Å²) >= 11 is 0. The highest BCUT2D eigenvalue weighted by molar-refractivity contribution is 5.95. The molecule has 0 radical (unpaired) electrons. The van der Waals surface area contributed by atoms with Crippen LogP contribution in [-0.2, 0) is 0 Å². The molecule has 124 valence electrons. The number of ether oxygens (including phenoxy) is 2. The van der Waals surface area contributed by atoms with Crippen molar-refractivity contribution in [1.29, 1.82) is 0 Å². The highest BCUT2D eigenvalue weighted by Crippen LogP contribution is 2.44. The zero-order valence-corrected chi connectivity index (χ0v) is 13.5. The quantitative estimate of drug-likeness (QED) is 0.910. The zero-order valence-electron chi connectivity index (χ0n) is 13.5. The molecule has 3 atom stereocenters. The molecular formula is C18H23NO4. The molecule has 1 saturated heterocycles. The number of amides is 1. The molecule has 1 amide bonds. The Kier molecular flexibility index (Phi) is 3.48. The maximum absolute atomic E-state index is 12.8. The second kappa shape index (κ2) is 5.41. The third kappa shape index (κ3) is 2.38. The molecule has 2 aliphatic heterocycles. The molecule has 2 heterocycles. The van der Waals surface area contributed by atoms with Crippen LogP contribution in [0.3, 0.4) is 0 Å². The minimum Gasteiger partial charge on any atom is -0.454 e. The number of benzene rings is 1. The molecule has 1 aromatic carbocycles. The lowest BCUT2D eigenvalue weighted by Crippen LogP contribution is -2.44. The van der Waals surface area contributed by atoms with E-state index in [0.29, 0.717) is 29.5 Å². The molecule has 1 saturated carbocycles. The highest BCUT2D eigenvalue weighted by atomic mass is 16.7. The summed E-state index contributed by atoms with van der Waals surface area (Å²) in [6.45, 7) is 3.66. The summed E-state index contributed by atoms with van der Waals surface area (Å²) in [5.41, 5.74) is 0.0280. The Morgan fingerprint density at radius 1 is 1.35 bits per heavy atom. The predicted octanol–water partition coefficient (Wildman–Crippen LogP) is 2.43. The van der Waals surface area contributed by atoms with Gasteiger partial charge in [0.1, 0.15) is 0 Å². The van der Waals surface area contributed by atoms with Gasteiger partial charge in [-0.25, -0.2) is 0 Å². The number of rotatable bonds is 2. The van der Waals surface area contributed by atoms with E-state index in [2.05, 4.69) is 0 Å². The summed E-state index contributed by atoms with van der Waals surface area (Å²) in [5.74, 6) is 1.98. The van der Waals surface area contributed by atoms with Crippen molar-refractivity contribution in [3.05, 3.63) is 23.8 Å². The van der Waals surface area contributed by atoms with E-state index in [4.69, 9.17) is 9.47 Å². The summed E-state index contributed by atoms with van der Waals surface area (Å²) < 4.78 is 10.7. The van der Waals surface area contributed by atoms with Crippen molar-refractivity contribution in [2.75, 3.05) is 19.9 Å². The van der Waals surface area contributed by atoms with Crippen LogP contribution in [0, 0.1) is 11.8 Å². The van der Waals surface area contributed by atoms with Gasteiger partial charge in [-0.1, -0.05) is 13.3 Å². The van der Waals surface area contributed by atoms with Crippen LogP contribution in [0.2, 0.25) is 0 Å². The Morgan fingerprint density at radius 3 is 3.00 bits per heavy atom. The Labute approximate surface area is 136 Å². The number of likely N-dealkylation sites (tertiary alicyclic amines) is 1. The number of carbonyl (C=O) groups is 1. The fourth-order valence-electron chi connectivity index (χ4n) is 4.45. The third-order valence-corrected chi connectivity index (χ3v) is 5.83. The van der Waals surface area contributed by atoms with Gasteiger partial charge in [0, 0.05) is 24.6 Å². The van der Waals surface area contributed by atoms with Gasteiger partial charge in [0.2, 0.25) is 6.79 Å². The third-order valence-electron chi connectivity index (χ3n) is 5.83. The van der Waals surface area contributed by atoms with E-state index in [9.17, 15) is 9.90 Å². The van der Waals surface area contributed by atoms with Crippen molar-refractivity contribution in [3.8, 4) is 11.5 Å². The fraction of sp³-hybridized carbons (Fsp3) is 0.611. The molecule has 23 heavy (non-hydrogen) atoms. The minimum absolute atomic E-state index is 0.0242. The first-order chi connectivity index (χ1) is 11.1. The number of hydrogen-bond acceptors (Lipinski definition) is 4. The molecule has 0 bridgehead atoms. The summed E-state index contributed by atoms with van der Waals surface area (Å²) in [4.78, 5) is 14.7. The molecular weight excluding hydrogens is 294 g/mol. The highest BCUT2D eigenvalue weighted by Gasteiger charge is 2.48. The maximum Gasteiger partial charge on any atom is 0.254 e. The lowest BCUT2D eigenvalue weighted by atomic mass is 9.69. The Hall–Kier alpha value is -1.75. The second-order valence-electron chi connectivity index (χ2n) is 6.99. The van der Waals surface area contributed by atoms with Gasteiger partial charge in [0.25, 0.3) is 5.91 Å². The Morgan fingerprint density at radius 2 is 2.17 bits per heavy atom. The molecule has 0 unspecified atom stereocenters. The van der Waals surface area contributed by atoms with Crippen LogP contribution in [0.4, 0.5) is 0 Å². The van der Waals surface area contributed by atoms with Crippen molar-refractivity contribution in [2.24, 2.45) is 11.8 Å². The van der Waals surface area contributed by atoms with Gasteiger partial charge in [0.05, 0.1) is 5.60 Å². The number of nitrogens with zero attached hydrogens (tertiary/aromatic N) is 1. The molecule has 4 rings (SSSR count). The van der Waals surface area contributed by atoms with Gasteiger partial charge in [-0.3, -0.25) is 4.79 Å². The Balaban J connectivity index is 1.54. The fourth-order valence-corrected chi connectivity index (χ4v) is 4.45. The Bertz CT molecular complexity index is 631. The molecule has 1 aliphatic carbocycles. The molecule has 1 aromatic rings. The van der Waals surface area contributed by atoms with Crippen molar-refractivity contribution < 1.29 is 19.4 Å². The molecule has 0 aromatic heterocycles. The molecule has 1 N–H and O–H groups in total. The first-order valence-electron chi connectivity index (χ1n) is 8.52. The second-order valence-corrected chi connectivity index (χ2v) is 6.99. The van der Waals surface area contributed by atoms with Gasteiger partial charge in [-0.2, -0.15) is 0 Å². The van der Waals surface area contributed by atoms with Crippen LogP contribution < -0.4 is 9.47 Å². The molecule has 5 nitrogen and oxygen atoms in total. The summed E-state index contributed by atoms with van der Waals surface area (Å²) in [6, 6.07) is 5.35. The lowest BCUT2D eigenvalue weighted by molar-refractivity contribution is -0.0609. The van der Waals surface area contributed by atoms with Crippen molar-refractivity contribution in [3.63, 3.8) is 0 Å². The van der Waals surface area contributed by atoms with Crippen LogP contribution in [-0.4, -0.2) is 41.4 Å². The molecule has 5 heteroatoms. The minimum atomic E-state index is -0.604. The SMILES string of the molecule is CC[C@]1(O)CCC[C@H]2CN(C(=O)c3ccc4c(c3)OCO4)C[C@H]21. The average Bonchev–Trinajstić information content (AvgIpc) is 3.20. The van der Waals surface area contributed by atoms with Gasteiger partial charge >= 0.3 is 0 Å². The number of hydrogen-bond donors (Lipinski definition) is 1. The van der Waals surface area contributed by atoms with Crippen LogP contribution in [0.15, 0.2) is 18.2 Å². The normalized spacial score (nSPS) is 32.0. The van der Waals surface area contributed by atoms with Crippen LogP contribution in [0.1, 0.15) is 43.0 Å². The first-order valence-corrected chi connectivity index (χ1v) is 8.52. The topological polar surface area (TPSA) is 59.0 Å². The lowest BCUT2D eigenvalue weighted by Gasteiger charge is -2.40. The summed E-state index contributed by atoms with van der Waals surface area (Å²) in [7, 11) is 0. The van der Waals surface area contributed by atoms with Crippen molar-refractivity contribution in [2.45, 2.75) is 38.2 Å². The van der Waals surface area contributed by atoms with E-state index in [1.165, 1.54) is 0 Å². The maximum atomic E-state index is 12.8. The van der Waals surface area contributed by atoms with E-state index < -0.39 is 5.60 Å². The van der Waals surface area contributed by atoms with E-state index in [0.717, 1.165) is 32.2 Å². The number of aliphatic hydroxyl groups is 1.